The number of hydrogen-bond donors (Lipinski definition) is 1. The standard InChI is InChI=1S/C12H20N4O2S/c1-5-6-16-10(7-18-4)14-15-12(16)19-8-11(17)13-9(2)3/h5,9H,1,6-8H2,2-4H3,(H,13,17). The van der Waals surface area contributed by atoms with Crippen molar-refractivity contribution in [2.75, 3.05) is 12.9 Å². The molecule has 1 heterocycles. The van der Waals surface area contributed by atoms with Crippen LogP contribution in [-0.4, -0.2) is 39.6 Å². The number of ether oxygens (including phenoxy) is 1. The van der Waals surface area contributed by atoms with Crippen LogP contribution in [0.15, 0.2) is 17.8 Å². The van der Waals surface area contributed by atoms with E-state index in [2.05, 4.69) is 22.1 Å². The van der Waals surface area contributed by atoms with Gasteiger partial charge in [0.15, 0.2) is 11.0 Å². The number of allylic oxidation sites excluding steroid dienone is 1. The average Bonchev–Trinajstić information content (AvgIpc) is 2.70. The second kappa shape index (κ2) is 7.96. The Labute approximate surface area is 117 Å². The molecule has 0 spiro atoms. The molecule has 0 aromatic carbocycles. The summed E-state index contributed by atoms with van der Waals surface area (Å²) in [6, 6.07) is 0.142. The minimum atomic E-state index is -0.0126. The Balaban J connectivity index is 2.66. The van der Waals surface area contributed by atoms with E-state index in [9.17, 15) is 4.79 Å². The summed E-state index contributed by atoms with van der Waals surface area (Å²) in [6.45, 7) is 8.55. The van der Waals surface area contributed by atoms with Gasteiger partial charge < -0.3 is 14.6 Å². The third-order valence-electron chi connectivity index (χ3n) is 2.16. The van der Waals surface area contributed by atoms with Crippen LogP contribution < -0.4 is 5.32 Å². The predicted molar refractivity (Wildman–Crippen MR) is 74.9 cm³/mol. The van der Waals surface area contributed by atoms with Gasteiger partial charge >= 0.3 is 0 Å². The van der Waals surface area contributed by atoms with Crippen LogP contribution in [0.25, 0.3) is 0 Å². The molecule has 0 saturated carbocycles. The van der Waals surface area contributed by atoms with Crippen LogP contribution in [0.4, 0.5) is 0 Å². The Morgan fingerprint density at radius 3 is 2.89 bits per heavy atom. The Hall–Kier alpha value is -1.34. The summed E-state index contributed by atoms with van der Waals surface area (Å²) in [5.74, 6) is 1.04. The highest BCUT2D eigenvalue weighted by Gasteiger charge is 2.13. The second-order valence-electron chi connectivity index (χ2n) is 4.24. The van der Waals surface area contributed by atoms with Gasteiger partial charge in [0.1, 0.15) is 6.61 Å². The number of nitrogens with zero attached hydrogens (tertiary/aromatic N) is 3. The molecule has 19 heavy (non-hydrogen) atoms. The van der Waals surface area contributed by atoms with Gasteiger partial charge in [0.05, 0.1) is 5.75 Å². The zero-order valence-electron chi connectivity index (χ0n) is 11.5. The Bertz CT molecular complexity index is 431. The van der Waals surface area contributed by atoms with Crippen LogP contribution in [0.3, 0.4) is 0 Å². The molecule has 0 unspecified atom stereocenters. The molecule has 0 aliphatic heterocycles. The fraction of sp³-hybridized carbons (Fsp3) is 0.583. The number of hydrogen-bond acceptors (Lipinski definition) is 5. The van der Waals surface area contributed by atoms with E-state index >= 15 is 0 Å². The summed E-state index contributed by atoms with van der Waals surface area (Å²) >= 11 is 1.36. The number of thioether (sulfide) groups is 1. The molecule has 1 aromatic rings. The van der Waals surface area contributed by atoms with Crippen LogP contribution in [0.1, 0.15) is 19.7 Å². The maximum atomic E-state index is 11.6. The molecule has 0 radical (unpaired) electrons. The van der Waals surface area contributed by atoms with Gasteiger partial charge in [0.2, 0.25) is 5.91 Å². The molecule has 0 aliphatic carbocycles. The molecule has 0 fully saturated rings. The highest BCUT2D eigenvalue weighted by molar-refractivity contribution is 7.99. The maximum Gasteiger partial charge on any atom is 0.230 e. The van der Waals surface area contributed by atoms with E-state index in [1.165, 1.54) is 11.8 Å². The van der Waals surface area contributed by atoms with E-state index in [-0.39, 0.29) is 11.9 Å². The first-order valence-corrected chi connectivity index (χ1v) is 7.01. The van der Waals surface area contributed by atoms with E-state index in [1.54, 1.807) is 13.2 Å². The topological polar surface area (TPSA) is 69.0 Å². The number of carbonyl (C=O) groups excluding carboxylic acids is 1. The summed E-state index contributed by atoms with van der Waals surface area (Å²) in [6.07, 6.45) is 1.76. The highest BCUT2D eigenvalue weighted by Crippen LogP contribution is 2.17. The van der Waals surface area contributed by atoms with Crippen molar-refractivity contribution in [3.63, 3.8) is 0 Å². The van der Waals surface area contributed by atoms with E-state index < -0.39 is 0 Å². The first-order chi connectivity index (χ1) is 9.08. The first kappa shape index (κ1) is 15.7. The summed E-state index contributed by atoms with van der Waals surface area (Å²) in [4.78, 5) is 11.6. The van der Waals surface area contributed by atoms with Gasteiger partial charge in [0.25, 0.3) is 0 Å². The molecule has 106 valence electrons. The zero-order valence-corrected chi connectivity index (χ0v) is 12.4. The number of aromatic nitrogens is 3. The van der Waals surface area contributed by atoms with Crippen molar-refractivity contribution in [2.45, 2.75) is 38.2 Å². The molecule has 1 N–H and O–H groups in total. The van der Waals surface area contributed by atoms with Crippen molar-refractivity contribution in [3.8, 4) is 0 Å². The van der Waals surface area contributed by atoms with Crippen molar-refractivity contribution < 1.29 is 9.53 Å². The van der Waals surface area contributed by atoms with E-state index in [0.717, 1.165) is 5.82 Å². The van der Waals surface area contributed by atoms with Crippen LogP contribution in [-0.2, 0) is 22.7 Å². The van der Waals surface area contributed by atoms with Gasteiger partial charge in [-0.05, 0) is 13.8 Å². The predicted octanol–water partition coefficient (Wildman–Crippen LogP) is 1.23. The number of rotatable bonds is 8. The summed E-state index contributed by atoms with van der Waals surface area (Å²) < 4.78 is 6.95. The zero-order chi connectivity index (χ0) is 14.3. The monoisotopic (exact) mass is 284 g/mol. The molecule has 1 aromatic heterocycles. The molecule has 0 atom stereocenters. The molecule has 0 saturated heterocycles. The molecular formula is C12H20N4O2S. The number of amides is 1. The van der Waals surface area contributed by atoms with Crippen LogP contribution in [0, 0.1) is 0 Å². The van der Waals surface area contributed by atoms with E-state index in [4.69, 9.17) is 4.74 Å². The molecule has 1 amide bonds. The quantitative estimate of drug-likeness (QED) is 0.574. The van der Waals surface area contributed by atoms with E-state index in [0.29, 0.717) is 24.1 Å². The van der Waals surface area contributed by atoms with Gasteiger partial charge in [-0.2, -0.15) is 0 Å². The normalized spacial score (nSPS) is 10.7. The summed E-state index contributed by atoms with van der Waals surface area (Å²) in [5.41, 5.74) is 0. The lowest BCUT2D eigenvalue weighted by Crippen LogP contribution is -2.31. The van der Waals surface area contributed by atoms with Crippen molar-refractivity contribution in [2.24, 2.45) is 0 Å². The Morgan fingerprint density at radius 2 is 2.32 bits per heavy atom. The first-order valence-electron chi connectivity index (χ1n) is 6.02. The summed E-state index contributed by atoms with van der Waals surface area (Å²) in [5, 5.41) is 11.7. The molecular weight excluding hydrogens is 264 g/mol. The van der Waals surface area contributed by atoms with Gasteiger partial charge in [-0.15, -0.1) is 16.8 Å². The molecule has 6 nitrogen and oxygen atoms in total. The fourth-order valence-corrected chi connectivity index (χ4v) is 2.25. The third-order valence-corrected chi connectivity index (χ3v) is 3.13. The Kier molecular flexibility index (Phi) is 6.58. The third kappa shape index (κ3) is 5.04. The highest BCUT2D eigenvalue weighted by atomic mass is 32.2. The minimum Gasteiger partial charge on any atom is -0.377 e. The van der Waals surface area contributed by atoms with Crippen LogP contribution in [0.2, 0.25) is 0 Å². The van der Waals surface area contributed by atoms with Crippen molar-refractivity contribution in [1.29, 1.82) is 0 Å². The number of carbonyl (C=O) groups is 1. The van der Waals surface area contributed by atoms with Crippen molar-refractivity contribution >= 4 is 17.7 Å². The fourth-order valence-electron chi connectivity index (χ4n) is 1.47. The number of nitrogens with one attached hydrogen (secondary N) is 1. The smallest absolute Gasteiger partial charge is 0.230 e. The lowest BCUT2D eigenvalue weighted by molar-refractivity contribution is -0.119. The second-order valence-corrected chi connectivity index (χ2v) is 5.18. The average molecular weight is 284 g/mol. The SMILES string of the molecule is C=CCn1c(COC)nnc1SCC(=O)NC(C)C. The minimum absolute atomic E-state index is 0.0126. The van der Waals surface area contributed by atoms with Crippen molar-refractivity contribution in [1.82, 2.24) is 20.1 Å². The van der Waals surface area contributed by atoms with Crippen LogP contribution in [0.5, 0.6) is 0 Å². The van der Waals surface area contributed by atoms with Crippen LogP contribution >= 0.6 is 11.8 Å². The van der Waals surface area contributed by atoms with Gasteiger partial charge in [-0.3, -0.25) is 4.79 Å². The molecule has 0 bridgehead atoms. The number of methoxy groups -OCH3 is 1. The largest absolute Gasteiger partial charge is 0.377 e. The summed E-state index contributed by atoms with van der Waals surface area (Å²) in [7, 11) is 1.61. The molecule has 1 rings (SSSR count). The molecule has 7 heteroatoms. The maximum absolute atomic E-state index is 11.6. The lowest BCUT2D eigenvalue weighted by Gasteiger charge is -2.09. The van der Waals surface area contributed by atoms with Gasteiger partial charge in [0, 0.05) is 19.7 Å². The molecule has 0 aliphatic rings. The van der Waals surface area contributed by atoms with Gasteiger partial charge in [-0.25, -0.2) is 0 Å². The Morgan fingerprint density at radius 1 is 1.58 bits per heavy atom. The lowest BCUT2D eigenvalue weighted by atomic mass is 10.4. The van der Waals surface area contributed by atoms with E-state index in [1.807, 2.05) is 18.4 Å². The van der Waals surface area contributed by atoms with Crippen molar-refractivity contribution in [3.05, 3.63) is 18.5 Å². The van der Waals surface area contributed by atoms with Gasteiger partial charge in [-0.1, -0.05) is 17.8 Å².